The number of piperazine rings is 2. The molecule has 5 N–H and O–H groups in total. The Morgan fingerprint density at radius 3 is 2.49 bits per heavy atom. The highest BCUT2D eigenvalue weighted by Crippen LogP contribution is 2.38. The van der Waals surface area contributed by atoms with E-state index in [0.29, 0.717) is 36.2 Å². The third-order valence-corrected chi connectivity index (χ3v) is 9.77. The fourth-order valence-electron chi connectivity index (χ4n) is 5.88. The molecule has 4 heterocycles. The van der Waals surface area contributed by atoms with E-state index in [0.717, 1.165) is 85.7 Å². The van der Waals surface area contributed by atoms with Gasteiger partial charge in [0.2, 0.25) is 27.8 Å². The Labute approximate surface area is 268 Å². The van der Waals surface area contributed by atoms with Crippen LogP contribution in [0.4, 0.5) is 11.5 Å². The molecular formula is C30H40N9O4S2+. The Bertz CT molecular complexity index is 1770. The number of aromatic amines is 2. The van der Waals surface area contributed by atoms with E-state index in [1.54, 1.807) is 25.6 Å². The van der Waals surface area contributed by atoms with E-state index in [1.807, 2.05) is 12.1 Å². The number of methoxy groups -OCH3 is 1. The summed E-state index contributed by atoms with van der Waals surface area (Å²) in [7, 11) is 0.0964. The van der Waals surface area contributed by atoms with Crippen LogP contribution in [0.5, 0.6) is 11.5 Å². The summed E-state index contributed by atoms with van der Waals surface area (Å²) in [5.74, 6) is 2.39. The summed E-state index contributed by atoms with van der Waals surface area (Å²) < 4.78 is 35.1. The quantitative estimate of drug-likeness (QED) is 0.179. The van der Waals surface area contributed by atoms with Gasteiger partial charge in [-0.15, -0.1) is 0 Å². The zero-order valence-corrected chi connectivity index (χ0v) is 27.2. The number of ether oxygens (including phenoxy) is 2. The number of primary sulfonamides is 1. The van der Waals surface area contributed by atoms with Crippen LogP contribution in [0.2, 0.25) is 0 Å². The molecule has 0 radical (unpaired) electrons. The van der Waals surface area contributed by atoms with E-state index in [9.17, 15) is 8.42 Å². The summed E-state index contributed by atoms with van der Waals surface area (Å²) >= 11 is 5.66. The fourth-order valence-corrected chi connectivity index (χ4v) is 6.70. The van der Waals surface area contributed by atoms with Crippen molar-refractivity contribution in [1.82, 2.24) is 24.7 Å². The molecule has 2 aromatic heterocycles. The van der Waals surface area contributed by atoms with Gasteiger partial charge in [0.15, 0.2) is 16.6 Å². The molecule has 0 amide bonds. The number of thiocarbonyl (C=S) groups is 1. The van der Waals surface area contributed by atoms with Crippen molar-refractivity contribution in [2.75, 3.05) is 89.9 Å². The molecule has 0 spiro atoms. The zero-order chi connectivity index (χ0) is 31.6. The van der Waals surface area contributed by atoms with E-state index < -0.39 is 10.0 Å². The van der Waals surface area contributed by atoms with Crippen LogP contribution < -0.4 is 29.8 Å². The number of nitrogens with zero attached hydrogens (tertiary/aromatic N) is 5. The molecule has 0 atom stereocenters. The van der Waals surface area contributed by atoms with E-state index in [2.05, 4.69) is 46.9 Å². The summed E-state index contributed by atoms with van der Waals surface area (Å²) in [5, 5.41) is 11.0. The largest absolute Gasteiger partial charge is 0.493 e. The lowest BCUT2D eigenvalue weighted by molar-refractivity contribution is -0.367. The molecule has 15 heteroatoms. The lowest BCUT2D eigenvalue weighted by atomic mass is 10.1. The maximum Gasteiger partial charge on any atom is 0.238 e. The fraction of sp³-hybridized carbons (Fsp3) is 0.433. The van der Waals surface area contributed by atoms with Crippen molar-refractivity contribution >= 4 is 60.8 Å². The van der Waals surface area contributed by atoms with Crippen molar-refractivity contribution in [2.45, 2.75) is 11.3 Å². The van der Waals surface area contributed by atoms with E-state index in [1.165, 1.54) is 12.1 Å². The second-order valence-electron chi connectivity index (χ2n) is 11.5. The Balaban J connectivity index is 1.11. The second kappa shape index (κ2) is 13.3. The summed E-state index contributed by atoms with van der Waals surface area (Å²) in [5.41, 5.74) is 2.42. The van der Waals surface area contributed by atoms with Gasteiger partial charge >= 0.3 is 0 Å². The maximum absolute atomic E-state index is 11.5. The number of nitrogens with one attached hydrogen (secondary N) is 3. The standard InChI is InChI=1S/C30H39N9O4S2/c1-36-9-11-37(12-10-36)8-3-17-43-26-19-24-23(18-25(26)42-2)27-28(35-24)32-20-33-29(27)38-13-15-39(16-14-38)30(44)34-21-4-6-22(7-5-21)45(31,40)41/h4-7,18-20H,3,8-17H2,1-2H3,(H,34,44)(H2,31,40,41)(H,32,33,35)/p+1. The first-order valence-electron chi connectivity index (χ1n) is 15.1. The van der Waals surface area contributed by atoms with Gasteiger partial charge in [0.05, 0.1) is 50.3 Å². The van der Waals surface area contributed by atoms with Gasteiger partial charge in [0.1, 0.15) is 5.39 Å². The molecule has 2 aromatic carbocycles. The number of sulfonamides is 1. The number of nitrogens with two attached hydrogens (primary N) is 1. The third kappa shape index (κ3) is 7.07. The molecule has 4 aromatic rings. The second-order valence-corrected chi connectivity index (χ2v) is 13.4. The molecule has 2 aliphatic rings. The van der Waals surface area contributed by atoms with Gasteiger partial charge in [-0.2, -0.15) is 0 Å². The van der Waals surface area contributed by atoms with Crippen LogP contribution >= 0.6 is 12.2 Å². The average Bonchev–Trinajstić information content (AvgIpc) is 3.41. The SMILES string of the molecule is COc1cc2c(cc1OCCCN1CCN(C)CC1)[nH]c1nc[nH+]c(N3CCN(C(=S)Nc4ccc(S(N)(=O)=O)cc4)CC3)c12. The average molecular weight is 655 g/mol. The van der Waals surface area contributed by atoms with Crippen molar-refractivity contribution in [3.63, 3.8) is 0 Å². The first-order chi connectivity index (χ1) is 21.7. The van der Waals surface area contributed by atoms with Crippen molar-refractivity contribution in [1.29, 1.82) is 0 Å². The van der Waals surface area contributed by atoms with Crippen molar-refractivity contribution in [3.05, 3.63) is 42.7 Å². The molecule has 0 bridgehead atoms. The molecule has 0 aliphatic carbocycles. The van der Waals surface area contributed by atoms with Gasteiger partial charge in [-0.3, -0.25) is 4.90 Å². The van der Waals surface area contributed by atoms with E-state index in [-0.39, 0.29) is 4.90 Å². The van der Waals surface area contributed by atoms with Gasteiger partial charge in [-0.05, 0) is 56.0 Å². The minimum absolute atomic E-state index is 0.0582. The molecule has 240 valence electrons. The molecule has 6 rings (SSSR count). The summed E-state index contributed by atoms with van der Waals surface area (Å²) in [6, 6.07) is 10.3. The minimum atomic E-state index is -3.74. The molecule has 0 saturated carbocycles. The minimum Gasteiger partial charge on any atom is -0.493 e. The first-order valence-corrected chi connectivity index (χ1v) is 17.0. The Morgan fingerprint density at radius 1 is 1.07 bits per heavy atom. The molecule has 2 saturated heterocycles. The van der Waals surface area contributed by atoms with Crippen molar-refractivity contribution in [2.24, 2.45) is 5.14 Å². The molecular weight excluding hydrogens is 615 g/mol. The highest BCUT2D eigenvalue weighted by molar-refractivity contribution is 7.89. The predicted octanol–water partition coefficient (Wildman–Crippen LogP) is 1.72. The summed E-state index contributed by atoms with van der Waals surface area (Å²) in [6.07, 6.45) is 2.66. The monoisotopic (exact) mass is 654 g/mol. The normalized spacial score (nSPS) is 16.8. The topological polar surface area (TPSA) is 146 Å². The number of aromatic nitrogens is 3. The first kappa shape index (κ1) is 31.2. The number of hydrogen-bond acceptors (Lipinski definition) is 9. The number of anilines is 2. The smallest absolute Gasteiger partial charge is 0.238 e. The Morgan fingerprint density at radius 2 is 1.80 bits per heavy atom. The molecule has 2 aliphatic heterocycles. The number of hydrogen-bond donors (Lipinski definition) is 3. The van der Waals surface area contributed by atoms with Crippen LogP contribution in [0.3, 0.4) is 0 Å². The summed E-state index contributed by atoms with van der Waals surface area (Å²) in [6.45, 7) is 8.96. The number of H-pyrrole nitrogens is 2. The van der Waals surface area contributed by atoms with Gasteiger partial charge < -0.3 is 34.5 Å². The maximum atomic E-state index is 11.5. The van der Waals surface area contributed by atoms with Crippen LogP contribution in [0, 0.1) is 0 Å². The molecule has 13 nitrogen and oxygen atoms in total. The summed E-state index contributed by atoms with van der Waals surface area (Å²) in [4.78, 5) is 20.7. The van der Waals surface area contributed by atoms with Gasteiger partial charge in [0.25, 0.3) is 0 Å². The number of benzene rings is 2. The van der Waals surface area contributed by atoms with Crippen LogP contribution in [0.15, 0.2) is 47.6 Å². The lowest BCUT2D eigenvalue weighted by Gasteiger charge is -2.34. The molecule has 0 unspecified atom stereocenters. The Hall–Kier alpha value is -3.76. The van der Waals surface area contributed by atoms with Gasteiger partial charge in [0, 0.05) is 49.9 Å². The highest BCUT2D eigenvalue weighted by atomic mass is 32.2. The van der Waals surface area contributed by atoms with Crippen molar-refractivity contribution in [3.8, 4) is 11.5 Å². The van der Waals surface area contributed by atoms with Crippen LogP contribution in [0.25, 0.3) is 21.9 Å². The number of fused-ring (bicyclic) bond motifs is 3. The predicted molar refractivity (Wildman–Crippen MR) is 179 cm³/mol. The molecule has 2 fully saturated rings. The molecule has 45 heavy (non-hydrogen) atoms. The van der Waals surface area contributed by atoms with Crippen molar-refractivity contribution < 1.29 is 22.9 Å². The zero-order valence-electron chi connectivity index (χ0n) is 25.6. The third-order valence-electron chi connectivity index (χ3n) is 8.48. The van der Waals surface area contributed by atoms with Crippen LogP contribution in [-0.2, 0) is 10.0 Å². The Kier molecular flexibility index (Phi) is 9.23. The number of rotatable bonds is 9. The van der Waals surface area contributed by atoms with E-state index in [4.69, 9.17) is 26.8 Å². The van der Waals surface area contributed by atoms with Gasteiger partial charge in [-0.1, -0.05) is 4.98 Å². The van der Waals surface area contributed by atoms with Crippen LogP contribution in [0.1, 0.15) is 6.42 Å². The van der Waals surface area contributed by atoms with Crippen LogP contribution in [-0.4, -0.2) is 118 Å². The van der Waals surface area contributed by atoms with Gasteiger partial charge in [-0.25, -0.2) is 18.5 Å². The van der Waals surface area contributed by atoms with E-state index >= 15 is 0 Å². The lowest BCUT2D eigenvalue weighted by Crippen LogP contribution is -2.51. The number of likely N-dealkylation sites (N-methyl/N-ethyl adjacent to an activating group) is 1. The highest BCUT2D eigenvalue weighted by Gasteiger charge is 2.28.